The molecule has 0 fully saturated rings. The van der Waals surface area contributed by atoms with Crippen molar-refractivity contribution in [3.63, 3.8) is 0 Å². The maximum atomic E-state index is 2.49. The maximum absolute atomic E-state index is 2.49. The normalized spacial score (nSPS) is 12.8. The summed E-state index contributed by atoms with van der Waals surface area (Å²) in [5.74, 6) is 0. The maximum Gasteiger partial charge on any atom is 0.0546 e. The molecule has 0 amide bonds. The van der Waals surface area contributed by atoms with Gasteiger partial charge in [0.1, 0.15) is 0 Å². The van der Waals surface area contributed by atoms with Crippen molar-refractivity contribution in [3.05, 3.63) is 211 Å². The number of hydrogen-bond acceptors (Lipinski definition) is 1. The van der Waals surface area contributed by atoms with E-state index in [4.69, 9.17) is 0 Å². The second-order valence-corrected chi connectivity index (χ2v) is 14.9. The number of nitrogens with zero attached hydrogens (tertiary/aromatic N) is 1. The van der Waals surface area contributed by atoms with Crippen molar-refractivity contribution in [3.8, 4) is 44.5 Å². The second kappa shape index (κ2) is 12.8. The zero-order valence-electron chi connectivity index (χ0n) is 30.5. The molecule has 1 aliphatic rings. The first kappa shape index (κ1) is 32.0. The highest BCUT2D eigenvalue weighted by molar-refractivity contribution is 6.04. The van der Waals surface area contributed by atoms with Crippen molar-refractivity contribution in [1.29, 1.82) is 0 Å². The summed E-state index contributed by atoms with van der Waals surface area (Å²) in [6.07, 6.45) is 0. The second-order valence-electron chi connectivity index (χ2n) is 14.9. The number of benzene rings is 9. The van der Waals surface area contributed by atoms with E-state index >= 15 is 0 Å². The molecule has 0 unspecified atom stereocenters. The van der Waals surface area contributed by atoms with E-state index in [0.717, 1.165) is 17.1 Å². The van der Waals surface area contributed by atoms with Gasteiger partial charge in [-0.15, -0.1) is 0 Å². The van der Waals surface area contributed by atoms with Crippen molar-refractivity contribution in [2.75, 3.05) is 4.90 Å². The van der Waals surface area contributed by atoms with Gasteiger partial charge in [0.15, 0.2) is 0 Å². The van der Waals surface area contributed by atoms with Crippen LogP contribution in [-0.4, -0.2) is 0 Å². The third-order valence-corrected chi connectivity index (χ3v) is 11.5. The first-order chi connectivity index (χ1) is 26.5. The van der Waals surface area contributed by atoms with Gasteiger partial charge in [-0.1, -0.05) is 184 Å². The van der Waals surface area contributed by atoms with Gasteiger partial charge in [-0.25, -0.2) is 0 Å². The van der Waals surface area contributed by atoms with Crippen LogP contribution in [0.25, 0.3) is 66.1 Å². The predicted octanol–water partition coefficient (Wildman–Crippen LogP) is 14.8. The summed E-state index contributed by atoms with van der Waals surface area (Å²) in [4.78, 5) is 2.49. The lowest BCUT2D eigenvalue weighted by atomic mass is 9.82. The zero-order chi connectivity index (χ0) is 36.2. The fraction of sp³-hybridized carbons (Fsp3) is 0.0566. The molecule has 9 aromatic rings. The third kappa shape index (κ3) is 5.24. The molecule has 0 atom stereocenters. The molecule has 54 heavy (non-hydrogen) atoms. The minimum atomic E-state index is -0.131. The molecule has 0 aromatic heterocycles. The highest BCUT2D eigenvalue weighted by Crippen LogP contribution is 2.52. The number of rotatable bonds is 6. The van der Waals surface area contributed by atoms with Crippen molar-refractivity contribution >= 4 is 38.6 Å². The lowest BCUT2D eigenvalue weighted by Gasteiger charge is -2.30. The Bertz CT molecular complexity index is 2830. The van der Waals surface area contributed by atoms with Crippen molar-refractivity contribution < 1.29 is 0 Å². The smallest absolute Gasteiger partial charge is 0.0546 e. The molecule has 0 bridgehead atoms. The molecule has 0 N–H and O–H groups in total. The molecular weight excluding hydrogens is 651 g/mol. The van der Waals surface area contributed by atoms with Crippen LogP contribution in [0, 0.1) is 0 Å². The lowest BCUT2D eigenvalue weighted by molar-refractivity contribution is 0.660. The molecule has 10 rings (SSSR count). The van der Waals surface area contributed by atoms with Crippen LogP contribution >= 0.6 is 0 Å². The topological polar surface area (TPSA) is 3.24 Å². The molecule has 0 spiro atoms. The van der Waals surface area contributed by atoms with Crippen LogP contribution in [0.5, 0.6) is 0 Å². The van der Waals surface area contributed by atoms with E-state index in [1.54, 1.807) is 0 Å². The Hall–Kier alpha value is -6.70. The van der Waals surface area contributed by atoms with Crippen LogP contribution in [0.1, 0.15) is 25.0 Å². The molecule has 1 nitrogen and oxygen atoms in total. The molecule has 256 valence electrons. The molecule has 0 radical (unpaired) electrons. The average molecular weight is 690 g/mol. The molecular formula is C53H39N. The van der Waals surface area contributed by atoms with Crippen molar-refractivity contribution in [2.45, 2.75) is 19.3 Å². The summed E-state index contributed by atoms with van der Waals surface area (Å²) in [5, 5.41) is 4.96. The molecule has 0 saturated carbocycles. The third-order valence-electron chi connectivity index (χ3n) is 11.5. The largest absolute Gasteiger partial charge is 0.310 e. The standard InChI is InChI=1S/C53H39N/c1-53(2)50-25-11-10-22-47(50)48-33-31-42(35-51(48)53)54(41-29-26-37(27-30-41)36-14-4-3-5-15-36)52-34-40(45-23-12-18-38-16-6-8-20-43(38)45)28-32-49(52)46-24-13-19-39-17-7-9-21-44(39)46/h3-35H,1-2H3. The van der Waals surface area contributed by atoms with Gasteiger partial charge < -0.3 is 4.90 Å². The lowest BCUT2D eigenvalue weighted by Crippen LogP contribution is -2.17. The molecule has 1 heteroatoms. The minimum absolute atomic E-state index is 0.131. The Morgan fingerprint density at radius 1 is 0.333 bits per heavy atom. The quantitative estimate of drug-likeness (QED) is 0.168. The summed E-state index contributed by atoms with van der Waals surface area (Å²) in [5.41, 5.74) is 15.9. The van der Waals surface area contributed by atoms with Gasteiger partial charge in [-0.3, -0.25) is 0 Å². The summed E-state index contributed by atoms with van der Waals surface area (Å²) >= 11 is 0. The summed E-state index contributed by atoms with van der Waals surface area (Å²) < 4.78 is 0. The zero-order valence-corrected chi connectivity index (χ0v) is 30.5. The van der Waals surface area contributed by atoms with Gasteiger partial charge in [0.2, 0.25) is 0 Å². The highest BCUT2D eigenvalue weighted by Gasteiger charge is 2.36. The molecule has 0 saturated heterocycles. The monoisotopic (exact) mass is 689 g/mol. The van der Waals surface area contributed by atoms with Crippen LogP contribution in [0.2, 0.25) is 0 Å². The van der Waals surface area contributed by atoms with Crippen molar-refractivity contribution in [1.82, 2.24) is 0 Å². The van der Waals surface area contributed by atoms with Gasteiger partial charge in [-0.05, 0) is 102 Å². The first-order valence-electron chi connectivity index (χ1n) is 18.8. The fourth-order valence-electron chi connectivity index (χ4n) is 8.74. The van der Waals surface area contributed by atoms with E-state index < -0.39 is 0 Å². The number of fused-ring (bicyclic) bond motifs is 5. The average Bonchev–Trinajstić information content (AvgIpc) is 3.46. The van der Waals surface area contributed by atoms with E-state index in [0.29, 0.717) is 0 Å². The van der Waals surface area contributed by atoms with Crippen LogP contribution in [0.4, 0.5) is 17.1 Å². The summed E-state index contributed by atoms with van der Waals surface area (Å²) in [6.45, 7) is 4.73. The van der Waals surface area contributed by atoms with E-state index in [1.807, 2.05) is 0 Å². The van der Waals surface area contributed by atoms with Gasteiger partial charge >= 0.3 is 0 Å². The summed E-state index contributed by atoms with van der Waals surface area (Å²) in [7, 11) is 0. The van der Waals surface area contributed by atoms with Gasteiger partial charge in [-0.2, -0.15) is 0 Å². The van der Waals surface area contributed by atoms with Crippen LogP contribution in [-0.2, 0) is 5.41 Å². The molecule has 9 aromatic carbocycles. The number of anilines is 3. The SMILES string of the molecule is CC1(C)c2ccccc2-c2ccc(N(c3ccc(-c4ccccc4)cc3)c3cc(-c4cccc5ccccc45)ccc3-c3cccc4ccccc34)cc21. The Balaban J connectivity index is 1.25. The molecule has 0 aliphatic heterocycles. The van der Waals surface area contributed by atoms with E-state index in [9.17, 15) is 0 Å². The Morgan fingerprint density at radius 3 is 1.61 bits per heavy atom. The van der Waals surface area contributed by atoms with E-state index in [1.165, 1.54) is 77.2 Å². The van der Waals surface area contributed by atoms with Gasteiger partial charge in [0.05, 0.1) is 5.69 Å². The van der Waals surface area contributed by atoms with Crippen molar-refractivity contribution in [2.24, 2.45) is 0 Å². The Morgan fingerprint density at radius 2 is 0.852 bits per heavy atom. The molecule has 0 heterocycles. The van der Waals surface area contributed by atoms with Crippen LogP contribution in [0.15, 0.2) is 200 Å². The minimum Gasteiger partial charge on any atom is -0.310 e. The van der Waals surface area contributed by atoms with Gasteiger partial charge in [0.25, 0.3) is 0 Å². The Labute approximate surface area is 317 Å². The number of hydrogen-bond donors (Lipinski definition) is 0. The summed E-state index contributed by atoms with van der Waals surface area (Å²) in [6, 6.07) is 73.6. The highest BCUT2D eigenvalue weighted by atomic mass is 15.1. The fourth-order valence-corrected chi connectivity index (χ4v) is 8.74. The predicted molar refractivity (Wildman–Crippen MR) is 230 cm³/mol. The first-order valence-corrected chi connectivity index (χ1v) is 18.8. The van der Waals surface area contributed by atoms with Crippen LogP contribution < -0.4 is 4.90 Å². The van der Waals surface area contributed by atoms with Gasteiger partial charge in [0, 0.05) is 22.4 Å². The van der Waals surface area contributed by atoms with E-state index in [2.05, 4.69) is 219 Å². The van der Waals surface area contributed by atoms with E-state index in [-0.39, 0.29) is 5.41 Å². The Kier molecular flexibility index (Phi) is 7.56. The molecule has 1 aliphatic carbocycles. The van der Waals surface area contributed by atoms with Crippen LogP contribution in [0.3, 0.4) is 0 Å².